The fourth-order valence-corrected chi connectivity index (χ4v) is 5.32. The molecule has 1 atom stereocenters. The summed E-state index contributed by atoms with van der Waals surface area (Å²) in [7, 11) is -3.63. The Morgan fingerprint density at radius 2 is 1.91 bits per heavy atom. The van der Waals surface area contributed by atoms with Crippen molar-refractivity contribution in [2.24, 2.45) is 5.92 Å². The minimum Gasteiger partial charge on any atom is -0.347 e. The number of rotatable bonds is 6. The van der Waals surface area contributed by atoms with E-state index in [2.05, 4.69) is 15.5 Å². The lowest BCUT2D eigenvalue weighted by Gasteiger charge is -2.31. The van der Waals surface area contributed by atoms with Crippen LogP contribution in [-0.4, -0.2) is 41.9 Å². The van der Waals surface area contributed by atoms with Crippen molar-refractivity contribution in [3.8, 4) is 11.4 Å². The van der Waals surface area contributed by atoms with Crippen molar-refractivity contribution in [1.29, 1.82) is 0 Å². The summed E-state index contributed by atoms with van der Waals surface area (Å²) in [5.41, 5.74) is 2.89. The molecule has 1 aliphatic heterocycles. The molecule has 2 heterocycles. The van der Waals surface area contributed by atoms with E-state index in [9.17, 15) is 13.2 Å². The van der Waals surface area contributed by atoms with E-state index in [0.29, 0.717) is 31.1 Å². The number of amides is 1. The highest BCUT2D eigenvalue weighted by atomic mass is 32.2. The Morgan fingerprint density at radius 1 is 1.16 bits per heavy atom. The number of sulfonamides is 1. The SMILES string of the molecule is Cc1ccc(S(=O)(=O)N2CCC[C@H](C(=O)NCc3nc(-c4ccccc4C)no3)C2)cc1. The molecule has 32 heavy (non-hydrogen) atoms. The quantitative estimate of drug-likeness (QED) is 0.614. The zero-order valence-electron chi connectivity index (χ0n) is 18.1. The summed E-state index contributed by atoms with van der Waals surface area (Å²) in [4.78, 5) is 17.3. The van der Waals surface area contributed by atoms with Gasteiger partial charge in [0.25, 0.3) is 0 Å². The zero-order valence-corrected chi connectivity index (χ0v) is 18.9. The highest BCUT2D eigenvalue weighted by Crippen LogP contribution is 2.24. The fourth-order valence-electron chi connectivity index (χ4n) is 3.80. The molecule has 0 radical (unpaired) electrons. The van der Waals surface area contributed by atoms with Gasteiger partial charge in [0.1, 0.15) is 0 Å². The summed E-state index contributed by atoms with van der Waals surface area (Å²) in [5, 5.41) is 6.81. The lowest BCUT2D eigenvalue weighted by Crippen LogP contribution is -2.45. The van der Waals surface area contributed by atoms with E-state index in [1.165, 1.54) is 4.31 Å². The first kappa shape index (κ1) is 22.2. The van der Waals surface area contributed by atoms with Gasteiger partial charge in [-0.25, -0.2) is 8.42 Å². The average Bonchev–Trinajstić information content (AvgIpc) is 3.27. The number of carbonyl (C=O) groups excluding carboxylic acids is 1. The molecule has 1 saturated heterocycles. The van der Waals surface area contributed by atoms with E-state index in [0.717, 1.165) is 16.7 Å². The van der Waals surface area contributed by atoms with Crippen LogP contribution in [0.3, 0.4) is 0 Å². The molecule has 1 aromatic heterocycles. The van der Waals surface area contributed by atoms with Crippen molar-refractivity contribution in [3.05, 3.63) is 65.5 Å². The number of carbonyl (C=O) groups is 1. The number of aromatic nitrogens is 2. The van der Waals surface area contributed by atoms with Gasteiger partial charge in [0.05, 0.1) is 17.4 Å². The Kier molecular flexibility index (Phi) is 6.38. The maximum atomic E-state index is 13.0. The van der Waals surface area contributed by atoms with Crippen LogP contribution in [0.4, 0.5) is 0 Å². The predicted molar refractivity (Wildman–Crippen MR) is 119 cm³/mol. The van der Waals surface area contributed by atoms with Gasteiger partial charge >= 0.3 is 0 Å². The molecule has 1 amide bonds. The van der Waals surface area contributed by atoms with Crippen LogP contribution in [0.1, 0.15) is 29.9 Å². The van der Waals surface area contributed by atoms with E-state index in [1.807, 2.05) is 38.1 Å². The Hall–Kier alpha value is -3.04. The molecule has 0 unspecified atom stereocenters. The lowest BCUT2D eigenvalue weighted by molar-refractivity contribution is -0.126. The molecular formula is C23H26N4O4S. The van der Waals surface area contributed by atoms with Gasteiger partial charge in [0, 0.05) is 18.7 Å². The van der Waals surface area contributed by atoms with Crippen LogP contribution in [0.2, 0.25) is 0 Å². The number of benzene rings is 2. The fraction of sp³-hybridized carbons (Fsp3) is 0.348. The molecule has 4 rings (SSSR count). The van der Waals surface area contributed by atoms with E-state index >= 15 is 0 Å². The van der Waals surface area contributed by atoms with Gasteiger partial charge < -0.3 is 9.84 Å². The summed E-state index contributed by atoms with van der Waals surface area (Å²) in [6, 6.07) is 14.5. The van der Waals surface area contributed by atoms with E-state index in [1.54, 1.807) is 24.3 Å². The van der Waals surface area contributed by atoms with Crippen LogP contribution in [-0.2, 0) is 21.4 Å². The molecule has 0 saturated carbocycles. The number of nitrogens with one attached hydrogen (secondary N) is 1. The van der Waals surface area contributed by atoms with Crippen LogP contribution in [0.15, 0.2) is 57.9 Å². The number of piperidine rings is 1. The van der Waals surface area contributed by atoms with E-state index in [-0.39, 0.29) is 23.9 Å². The van der Waals surface area contributed by atoms with Crippen LogP contribution < -0.4 is 5.32 Å². The molecule has 1 N–H and O–H groups in total. The van der Waals surface area contributed by atoms with Crippen LogP contribution in [0.5, 0.6) is 0 Å². The smallest absolute Gasteiger partial charge is 0.246 e. The second kappa shape index (κ2) is 9.22. The van der Waals surface area contributed by atoms with Gasteiger partial charge in [0.2, 0.25) is 27.6 Å². The van der Waals surface area contributed by atoms with Gasteiger partial charge in [-0.2, -0.15) is 9.29 Å². The van der Waals surface area contributed by atoms with Gasteiger partial charge in [-0.15, -0.1) is 0 Å². The first-order chi connectivity index (χ1) is 15.3. The predicted octanol–water partition coefficient (Wildman–Crippen LogP) is 3.07. The topological polar surface area (TPSA) is 105 Å². The number of aryl methyl sites for hydroxylation is 2. The monoisotopic (exact) mass is 454 g/mol. The summed E-state index contributed by atoms with van der Waals surface area (Å²) >= 11 is 0. The molecular weight excluding hydrogens is 428 g/mol. The Morgan fingerprint density at radius 3 is 2.66 bits per heavy atom. The minimum atomic E-state index is -3.63. The van der Waals surface area contributed by atoms with Crippen molar-refractivity contribution in [3.63, 3.8) is 0 Å². The Balaban J connectivity index is 1.38. The van der Waals surface area contributed by atoms with Gasteiger partial charge in [-0.3, -0.25) is 4.79 Å². The molecule has 1 fully saturated rings. The van der Waals surface area contributed by atoms with Crippen LogP contribution in [0.25, 0.3) is 11.4 Å². The first-order valence-electron chi connectivity index (χ1n) is 10.6. The third kappa shape index (κ3) is 4.73. The third-order valence-electron chi connectivity index (χ3n) is 5.68. The van der Waals surface area contributed by atoms with Crippen molar-refractivity contribution < 1.29 is 17.7 Å². The van der Waals surface area contributed by atoms with Crippen molar-refractivity contribution in [2.45, 2.75) is 38.1 Å². The molecule has 0 spiro atoms. The molecule has 168 valence electrons. The summed E-state index contributed by atoms with van der Waals surface area (Å²) < 4.78 is 32.6. The first-order valence-corrected chi connectivity index (χ1v) is 12.0. The molecule has 3 aromatic rings. The van der Waals surface area contributed by atoms with Gasteiger partial charge in [-0.05, 0) is 44.4 Å². The largest absolute Gasteiger partial charge is 0.347 e. The highest BCUT2D eigenvalue weighted by molar-refractivity contribution is 7.89. The van der Waals surface area contributed by atoms with Crippen LogP contribution >= 0.6 is 0 Å². The van der Waals surface area contributed by atoms with E-state index in [4.69, 9.17) is 4.52 Å². The molecule has 8 nitrogen and oxygen atoms in total. The normalized spacial score (nSPS) is 17.2. The Bertz CT molecular complexity index is 1200. The van der Waals surface area contributed by atoms with Gasteiger partial charge in [0.15, 0.2) is 0 Å². The van der Waals surface area contributed by atoms with Gasteiger partial charge in [-0.1, -0.05) is 47.1 Å². The summed E-state index contributed by atoms with van der Waals surface area (Å²) in [6.07, 6.45) is 1.26. The molecule has 9 heteroatoms. The lowest BCUT2D eigenvalue weighted by atomic mass is 9.99. The standard InChI is InChI=1S/C23H26N4O4S/c1-16-9-11-19(12-10-16)32(29,30)27-13-5-7-18(15-27)23(28)24-14-21-25-22(26-31-21)20-8-4-3-6-17(20)2/h3-4,6,8-12,18H,5,7,13-15H2,1-2H3,(H,24,28)/t18-/m0/s1. The number of hydrogen-bond donors (Lipinski definition) is 1. The molecule has 0 bridgehead atoms. The molecule has 2 aromatic carbocycles. The number of hydrogen-bond acceptors (Lipinski definition) is 6. The van der Waals surface area contributed by atoms with Crippen LogP contribution in [0, 0.1) is 19.8 Å². The maximum Gasteiger partial charge on any atom is 0.246 e. The second-order valence-electron chi connectivity index (χ2n) is 8.06. The third-order valence-corrected chi connectivity index (χ3v) is 7.56. The van der Waals surface area contributed by atoms with Crippen molar-refractivity contribution >= 4 is 15.9 Å². The maximum absolute atomic E-state index is 13.0. The minimum absolute atomic E-state index is 0.0962. The average molecular weight is 455 g/mol. The van der Waals surface area contributed by atoms with Crippen molar-refractivity contribution in [1.82, 2.24) is 19.8 Å². The van der Waals surface area contributed by atoms with Crippen molar-refractivity contribution in [2.75, 3.05) is 13.1 Å². The molecule has 1 aliphatic rings. The second-order valence-corrected chi connectivity index (χ2v) is 10.00. The van der Waals surface area contributed by atoms with E-state index < -0.39 is 15.9 Å². The number of nitrogens with zero attached hydrogens (tertiary/aromatic N) is 3. The molecule has 0 aliphatic carbocycles. The summed E-state index contributed by atoms with van der Waals surface area (Å²) in [5.74, 6) is 0.129. The zero-order chi connectivity index (χ0) is 22.7. The highest BCUT2D eigenvalue weighted by Gasteiger charge is 2.33. The summed E-state index contributed by atoms with van der Waals surface area (Å²) in [6.45, 7) is 4.53. The Labute approximate surface area is 187 Å².